The molecule has 0 spiro atoms. The zero-order valence-corrected chi connectivity index (χ0v) is 11.0. The zero-order valence-electron chi connectivity index (χ0n) is 9.38. The lowest BCUT2D eigenvalue weighted by atomic mass is 10.2. The molecule has 0 bridgehead atoms. The van der Waals surface area contributed by atoms with Crippen LogP contribution in [0.2, 0.25) is 0 Å². The fourth-order valence-corrected chi connectivity index (χ4v) is 3.70. The lowest BCUT2D eigenvalue weighted by Crippen LogP contribution is -2.32. The van der Waals surface area contributed by atoms with Crippen LogP contribution in [0.4, 0.5) is 0 Å². The van der Waals surface area contributed by atoms with Crippen LogP contribution >= 0.6 is 11.3 Å². The minimum atomic E-state index is -3.54. The Morgan fingerprint density at radius 2 is 2.29 bits per heavy atom. The number of hydrogen-bond donors (Lipinski definition) is 2. The summed E-state index contributed by atoms with van der Waals surface area (Å²) in [7, 11) is -3.54. The second kappa shape index (κ2) is 6.12. The van der Waals surface area contributed by atoms with Gasteiger partial charge in [0.2, 0.25) is 10.0 Å². The minimum Gasteiger partial charge on any atom is -0.396 e. The zero-order chi connectivity index (χ0) is 12.9. The first-order valence-corrected chi connectivity index (χ1v) is 7.42. The molecule has 5 nitrogen and oxygen atoms in total. The van der Waals surface area contributed by atoms with E-state index in [2.05, 4.69) is 4.72 Å². The summed E-state index contributed by atoms with van der Waals surface area (Å²) in [6.07, 6.45) is 1.13. The van der Waals surface area contributed by atoms with E-state index in [1.807, 2.05) is 6.07 Å². The van der Waals surface area contributed by atoms with Crippen molar-refractivity contribution in [2.24, 2.45) is 0 Å². The van der Waals surface area contributed by atoms with Crippen molar-refractivity contribution in [3.05, 3.63) is 17.0 Å². The lowest BCUT2D eigenvalue weighted by molar-refractivity contribution is 0.279. The summed E-state index contributed by atoms with van der Waals surface area (Å²) in [4.78, 5) is 0.369. The molecule has 0 saturated heterocycles. The molecule has 1 aromatic heterocycles. The summed E-state index contributed by atoms with van der Waals surface area (Å²) in [5.41, 5.74) is 0. The van der Waals surface area contributed by atoms with Crippen LogP contribution in [-0.2, 0) is 10.0 Å². The highest BCUT2D eigenvalue weighted by Crippen LogP contribution is 2.21. The van der Waals surface area contributed by atoms with Crippen LogP contribution in [0.25, 0.3) is 0 Å². The first kappa shape index (κ1) is 14.1. The monoisotopic (exact) mass is 274 g/mol. The maximum atomic E-state index is 11.9. The fraction of sp³-hybridized carbons (Fsp3) is 0.500. The third kappa shape index (κ3) is 4.09. The number of nitriles is 1. The fourth-order valence-electron chi connectivity index (χ4n) is 1.30. The van der Waals surface area contributed by atoms with Crippen LogP contribution in [-0.4, -0.2) is 26.2 Å². The van der Waals surface area contributed by atoms with Crippen LogP contribution in [0.5, 0.6) is 0 Å². The highest BCUT2D eigenvalue weighted by Gasteiger charge is 2.19. The first-order chi connectivity index (χ1) is 7.99. The minimum absolute atomic E-state index is 0.0453. The van der Waals surface area contributed by atoms with E-state index in [-0.39, 0.29) is 16.9 Å². The van der Waals surface area contributed by atoms with E-state index in [1.54, 1.807) is 6.92 Å². The van der Waals surface area contributed by atoms with E-state index in [0.717, 1.165) is 11.3 Å². The average molecular weight is 274 g/mol. The van der Waals surface area contributed by atoms with Crippen molar-refractivity contribution in [1.29, 1.82) is 5.26 Å². The van der Waals surface area contributed by atoms with Gasteiger partial charge in [0, 0.05) is 12.6 Å². The number of hydrogen-bond acceptors (Lipinski definition) is 5. The second-order valence-electron chi connectivity index (χ2n) is 3.62. The molecule has 0 aliphatic rings. The third-order valence-electron chi connectivity index (χ3n) is 2.11. The van der Waals surface area contributed by atoms with Crippen molar-refractivity contribution < 1.29 is 13.5 Å². The van der Waals surface area contributed by atoms with E-state index < -0.39 is 10.0 Å². The van der Waals surface area contributed by atoms with Gasteiger partial charge in [-0.25, -0.2) is 13.1 Å². The number of sulfonamides is 1. The van der Waals surface area contributed by atoms with Gasteiger partial charge in [0.1, 0.15) is 15.2 Å². The van der Waals surface area contributed by atoms with Crippen molar-refractivity contribution in [3.63, 3.8) is 0 Å². The molecule has 1 heterocycles. The van der Waals surface area contributed by atoms with Gasteiger partial charge in [-0.1, -0.05) is 0 Å². The highest BCUT2D eigenvalue weighted by molar-refractivity contribution is 7.91. The van der Waals surface area contributed by atoms with Gasteiger partial charge >= 0.3 is 0 Å². The lowest BCUT2D eigenvalue weighted by Gasteiger charge is -2.12. The quantitative estimate of drug-likeness (QED) is 0.811. The number of thiophene rings is 1. The number of aliphatic hydroxyl groups is 1. The largest absolute Gasteiger partial charge is 0.396 e. The summed E-state index contributed by atoms with van der Waals surface area (Å²) >= 11 is 0.945. The van der Waals surface area contributed by atoms with Crippen molar-refractivity contribution in [2.75, 3.05) is 6.61 Å². The van der Waals surface area contributed by atoms with E-state index in [0.29, 0.717) is 17.7 Å². The van der Waals surface area contributed by atoms with Crippen LogP contribution in [0, 0.1) is 11.3 Å². The second-order valence-corrected chi connectivity index (χ2v) is 6.64. The maximum absolute atomic E-state index is 11.9. The molecular formula is C10H14N2O3S2. The van der Waals surface area contributed by atoms with Gasteiger partial charge in [-0.2, -0.15) is 5.26 Å². The molecule has 0 fully saturated rings. The smallest absolute Gasteiger partial charge is 0.250 e. The van der Waals surface area contributed by atoms with Gasteiger partial charge in [-0.05, 0) is 31.9 Å². The Labute approximate surface area is 105 Å². The highest BCUT2D eigenvalue weighted by atomic mass is 32.2. The molecule has 0 aliphatic carbocycles. The molecule has 0 radical (unpaired) electrons. The average Bonchev–Trinajstić information content (AvgIpc) is 2.75. The summed E-state index contributed by atoms with van der Waals surface area (Å²) in [6.45, 7) is 1.79. The molecule has 1 unspecified atom stereocenters. The molecule has 1 aromatic rings. The molecule has 1 atom stereocenters. The Morgan fingerprint density at radius 1 is 1.59 bits per heavy atom. The summed E-state index contributed by atoms with van der Waals surface area (Å²) in [6, 6.07) is 4.57. The molecule has 0 amide bonds. The third-order valence-corrected chi connectivity index (χ3v) is 5.18. The maximum Gasteiger partial charge on any atom is 0.250 e. The first-order valence-electron chi connectivity index (χ1n) is 5.12. The summed E-state index contributed by atoms with van der Waals surface area (Å²) in [5, 5.41) is 17.3. The Morgan fingerprint density at radius 3 is 2.82 bits per heavy atom. The normalized spacial score (nSPS) is 13.2. The molecule has 0 saturated carbocycles. The van der Waals surface area contributed by atoms with E-state index in [9.17, 15) is 8.42 Å². The van der Waals surface area contributed by atoms with Crippen molar-refractivity contribution in [1.82, 2.24) is 4.72 Å². The van der Waals surface area contributed by atoms with Crippen LogP contribution < -0.4 is 4.72 Å². The molecule has 17 heavy (non-hydrogen) atoms. The van der Waals surface area contributed by atoms with Crippen molar-refractivity contribution >= 4 is 21.4 Å². The SMILES string of the molecule is CC(CCCO)NS(=O)(=O)c1ccc(C#N)s1. The van der Waals surface area contributed by atoms with Gasteiger partial charge in [-0.3, -0.25) is 0 Å². The Bertz CT molecular complexity index is 502. The molecular weight excluding hydrogens is 260 g/mol. The molecule has 2 N–H and O–H groups in total. The number of nitrogens with one attached hydrogen (secondary N) is 1. The van der Waals surface area contributed by atoms with Gasteiger partial charge in [-0.15, -0.1) is 11.3 Å². The van der Waals surface area contributed by atoms with Crippen LogP contribution in [0.1, 0.15) is 24.6 Å². The predicted molar refractivity (Wildman–Crippen MR) is 65.1 cm³/mol. The van der Waals surface area contributed by atoms with E-state index in [1.165, 1.54) is 12.1 Å². The van der Waals surface area contributed by atoms with Crippen LogP contribution in [0.15, 0.2) is 16.3 Å². The molecule has 0 aromatic carbocycles. The molecule has 0 aliphatic heterocycles. The Balaban J connectivity index is 2.72. The van der Waals surface area contributed by atoms with Gasteiger partial charge in [0.15, 0.2) is 0 Å². The van der Waals surface area contributed by atoms with Crippen molar-refractivity contribution in [2.45, 2.75) is 30.0 Å². The van der Waals surface area contributed by atoms with Gasteiger partial charge < -0.3 is 5.11 Å². The standard InChI is InChI=1S/C10H14N2O3S2/c1-8(3-2-6-13)12-17(14,15)10-5-4-9(7-11)16-10/h4-5,8,12-13H,2-3,6H2,1H3. The van der Waals surface area contributed by atoms with E-state index >= 15 is 0 Å². The topological polar surface area (TPSA) is 90.2 Å². The summed E-state index contributed by atoms with van der Waals surface area (Å²) in [5.74, 6) is 0. The number of nitrogens with zero attached hydrogens (tertiary/aromatic N) is 1. The van der Waals surface area contributed by atoms with Crippen LogP contribution in [0.3, 0.4) is 0 Å². The van der Waals surface area contributed by atoms with E-state index in [4.69, 9.17) is 10.4 Å². The number of aliphatic hydroxyl groups excluding tert-OH is 1. The van der Waals surface area contributed by atoms with Gasteiger partial charge in [0.25, 0.3) is 0 Å². The predicted octanol–water partition coefficient (Wildman–Crippen LogP) is 1.06. The summed E-state index contributed by atoms with van der Waals surface area (Å²) < 4.78 is 26.4. The Hall–Kier alpha value is -0.940. The number of rotatable bonds is 6. The molecule has 7 heteroatoms. The van der Waals surface area contributed by atoms with Gasteiger partial charge in [0.05, 0.1) is 0 Å². The van der Waals surface area contributed by atoms with Crippen molar-refractivity contribution in [3.8, 4) is 6.07 Å². The Kier molecular flexibility index (Phi) is 5.08. The molecule has 1 rings (SSSR count). The molecule has 94 valence electrons.